The molecule has 0 atom stereocenters. The molecule has 26 heavy (non-hydrogen) atoms. The smallest absolute Gasteiger partial charge is 0.210 e. The highest BCUT2D eigenvalue weighted by molar-refractivity contribution is 8.01. The van der Waals surface area contributed by atoms with Gasteiger partial charge in [0.25, 0.3) is 0 Å². The Balaban J connectivity index is 1.49. The van der Waals surface area contributed by atoms with E-state index in [0.29, 0.717) is 5.92 Å². The van der Waals surface area contributed by atoms with Gasteiger partial charge in [-0.1, -0.05) is 61.2 Å². The van der Waals surface area contributed by atoms with Gasteiger partial charge in [-0.05, 0) is 47.7 Å². The molecular weight excluding hydrogens is 362 g/mol. The molecule has 6 heteroatoms. The molecule has 0 saturated carbocycles. The lowest BCUT2D eigenvalue weighted by Gasteiger charge is -2.06. The molecule has 0 bridgehead atoms. The Bertz CT molecular complexity index is 814. The second-order valence-electron chi connectivity index (χ2n) is 6.22. The van der Waals surface area contributed by atoms with Crippen LogP contribution in [0.2, 0.25) is 0 Å². The van der Waals surface area contributed by atoms with Gasteiger partial charge in [-0.15, -0.1) is 10.2 Å². The Morgan fingerprint density at radius 3 is 2.42 bits per heavy atom. The molecule has 0 aliphatic carbocycles. The van der Waals surface area contributed by atoms with E-state index in [2.05, 4.69) is 65.8 Å². The van der Waals surface area contributed by atoms with E-state index in [1.165, 1.54) is 11.1 Å². The number of methoxy groups -OCH3 is 1. The van der Waals surface area contributed by atoms with E-state index in [-0.39, 0.29) is 0 Å². The minimum absolute atomic E-state index is 0.541. The van der Waals surface area contributed by atoms with Gasteiger partial charge in [0.15, 0.2) is 4.34 Å². The van der Waals surface area contributed by atoms with Gasteiger partial charge >= 0.3 is 0 Å². The van der Waals surface area contributed by atoms with Crippen molar-refractivity contribution in [1.29, 1.82) is 0 Å². The fourth-order valence-electron chi connectivity index (χ4n) is 2.44. The van der Waals surface area contributed by atoms with Crippen molar-refractivity contribution >= 4 is 33.9 Å². The van der Waals surface area contributed by atoms with Crippen LogP contribution in [0.1, 0.15) is 30.9 Å². The van der Waals surface area contributed by atoms with Crippen LogP contribution in [-0.4, -0.2) is 23.1 Å². The fourth-order valence-corrected chi connectivity index (χ4v) is 4.27. The number of thioether (sulfide) groups is 1. The highest BCUT2D eigenvalue weighted by Gasteiger charge is 2.06. The van der Waals surface area contributed by atoms with Crippen LogP contribution in [0, 0.1) is 0 Å². The maximum absolute atomic E-state index is 5.18. The second kappa shape index (κ2) is 9.05. The summed E-state index contributed by atoms with van der Waals surface area (Å²) in [5.74, 6) is 2.41. The quantitative estimate of drug-likeness (QED) is 0.500. The zero-order valence-corrected chi connectivity index (χ0v) is 16.9. The predicted octanol–water partition coefficient (Wildman–Crippen LogP) is 5.75. The average Bonchev–Trinajstić information content (AvgIpc) is 3.10. The number of nitrogens with one attached hydrogen (secondary N) is 1. The molecule has 0 radical (unpaired) electrons. The maximum Gasteiger partial charge on any atom is 0.210 e. The van der Waals surface area contributed by atoms with E-state index in [1.54, 1.807) is 30.2 Å². The maximum atomic E-state index is 5.18. The van der Waals surface area contributed by atoms with Crippen molar-refractivity contribution in [3.8, 4) is 5.75 Å². The molecule has 1 N–H and O–H groups in total. The zero-order chi connectivity index (χ0) is 18.4. The number of rotatable bonds is 8. The van der Waals surface area contributed by atoms with Crippen molar-refractivity contribution in [3.63, 3.8) is 0 Å². The molecule has 0 unspecified atom stereocenters. The Morgan fingerprint density at radius 2 is 1.77 bits per heavy atom. The fraction of sp³-hybridized carbons (Fsp3) is 0.300. The summed E-state index contributed by atoms with van der Waals surface area (Å²) in [6.07, 6.45) is 0.994. The van der Waals surface area contributed by atoms with E-state index in [1.807, 2.05) is 12.1 Å². The predicted molar refractivity (Wildman–Crippen MR) is 111 cm³/mol. The molecule has 4 nitrogen and oxygen atoms in total. The molecule has 0 spiro atoms. The number of hydrogen-bond acceptors (Lipinski definition) is 6. The van der Waals surface area contributed by atoms with Crippen molar-refractivity contribution in [2.75, 3.05) is 18.2 Å². The minimum atomic E-state index is 0.541. The summed E-state index contributed by atoms with van der Waals surface area (Å²) in [6.45, 7) is 4.39. The SMILES string of the molecule is COc1ccc(CCSc2nnc(Nc3ccc(C(C)C)cc3)s2)cc1. The number of aromatic nitrogens is 2. The number of nitrogens with zero attached hydrogens (tertiary/aromatic N) is 2. The average molecular weight is 386 g/mol. The first-order valence-corrected chi connectivity index (χ1v) is 10.4. The molecule has 0 saturated heterocycles. The van der Waals surface area contributed by atoms with Crippen LogP contribution in [0.5, 0.6) is 5.75 Å². The summed E-state index contributed by atoms with van der Waals surface area (Å²) < 4.78 is 6.17. The van der Waals surface area contributed by atoms with E-state index in [0.717, 1.165) is 33.1 Å². The van der Waals surface area contributed by atoms with Crippen LogP contribution in [-0.2, 0) is 6.42 Å². The summed E-state index contributed by atoms with van der Waals surface area (Å²) in [6, 6.07) is 16.7. The Kier molecular flexibility index (Phi) is 6.52. The Labute approximate surface area is 163 Å². The lowest BCUT2D eigenvalue weighted by Crippen LogP contribution is -1.91. The summed E-state index contributed by atoms with van der Waals surface area (Å²) in [4.78, 5) is 0. The normalized spacial score (nSPS) is 10.9. The van der Waals surface area contributed by atoms with E-state index in [4.69, 9.17) is 4.74 Å². The van der Waals surface area contributed by atoms with Gasteiger partial charge in [0.2, 0.25) is 5.13 Å². The molecular formula is C20H23N3OS2. The molecule has 0 aliphatic rings. The first kappa shape index (κ1) is 18.7. The van der Waals surface area contributed by atoms with Crippen molar-refractivity contribution in [2.45, 2.75) is 30.5 Å². The highest BCUT2D eigenvalue weighted by atomic mass is 32.2. The van der Waals surface area contributed by atoms with Crippen molar-refractivity contribution in [2.24, 2.45) is 0 Å². The van der Waals surface area contributed by atoms with Gasteiger partial charge in [-0.3, -0.25) is 0 Å². The first-order chi connectivity index (χ1) is 12.6. The Hall–Kier alpha value is -2.05. The third-order valence-corrected chi connectivity index (χ3v) is 5.98. The van der Waals surface area contributed by atoms with Crippen LogP contribution in [0.15, 0.2) is 52.9 Å². The molecule has 1 heterocycles. The monoisotopic (exact) mass is 385 g/mol. The number of benzene rings is 2. The molecule has 0 aliphatic heterocycles. The minimum Gasteiger partial charge on any atom is -0.497 e. The third-order valence-electron chi connectivity index (χ3n) is 4.01. The van der Waals surface area contributed by atoms with Crippen LogP contribution >= 0.6 is 23.1 Å². The number of hydrogen-bond donors (Lipinski definition) is 1. The molecule has 136 valence electrons. The molecule has 0 amide bonds. The van der Waals surface area contributed by atoms with Crippen LogP contribution < -0.4 is 10.1 Å². The molecule has 2 aromatic carbocycles. The van der Waals surface area contributed by atoms with Crippen LogP contribution in [0.3, 0.4) is 0 Å². The van der Waals surface area contributed by atoms with Gasteiger partial charge in [0.05, 0.1) is 7.11 Å². The van der Waals surface area contributed by atoms with Crippen molar-refractivity contribution < 1.29 is 4.74 Å². The van der Waals surface area contributed by atoms with E-state index >= 15 is 0 Å². The summed E-state index contributed by atoms with van der Waals surface area (Å²) in [5, 5.41) is 12.7. The van der Waals surface area contributed by atoms with Crippen molar-refractivity contribution in [3.05, 3.63) is 59.7 Å². The Morgan fingerprint density at radius 1 is 1.04 bits per heavy atom. The van der Waals surface area contributed by atoms with Gasteiger partial charge < -0.3 is 10.1 Å². The van der Waals surface area contributed by atoms with E-state index < -0.39 is 0 Å². The van der Waals surface area contributed by atoms with Crippen LogP contribution in [0.25, 0.3) is 0 Å². The molecule has 0 fully saturated rings. The van der Waals surface area contributed by atoms with Crippen molar-refractivity contribution in [1.82, 2.24) is 10.2 Å². The summed E-state index contributed by atoms with van der Waals surface area (Å²) in [5.41, 5.74) is 3.68. The molecule has 3 aromatic rings. The molecule has 3 rings (SSSR count). The lowest BCUT2D eigenvalue weighted by molar-refractivity contribution is 0.414. The highest BCUT2D eigenvalue weighted by Crippen LogP contribution is 2.28. The van der Waals surface area contributed by atoms with E-state index in [9.17, 15) is 0 Å². The first-order valence-electron chi connectivity index (χ1n) is 8.60. The van der Waals surface area contributed by atoms with Gasteiger partial charge in [0, 0.05) is 11.4 Å². The van der Waals surface area contributed by atoms with Gasteiger partial charge in [-0.25, -0.2) is 0 Å². The summed E-state index contributed by atoms with van der Waals surface area (Å²) >= 11 is 3.33. The number of anilines is 2. The van der Waals surface area contributed by atoms with Gasteiger partial charge in [0.1, 0.15) is 5.75 Å². The largest absolute Gasteiger partial charge is 0.497 e. The lowest BCUT2D eigenvalue weighted by atomic mass is 10.0. The number of aryl methyl sites for hydroxylation is 1. The van der Waals surface area contributed by atoms with Crippen LogP contribution in [0.4, 0.5) is 10.8 Å². The van der Waals surface area contributed by atoms with Gasteiger partial charge in [-0.2, -0.15) is 0 Å². The zero-order valence-electron chi connectivity index (χ0n) is 15.2. The standard InChI is InChI=1S/C20H23N3OS2/c1-14(2)16-6-8-17(9-7-16)21-19-22-23-20(26-19)25-13-12-15-4-10-18(24-3)11-5-15/h4-11,14H,12-13H2,1-3H3,(H,21,22). The topological polar surface area (TPSA) is 47.0 Å². The number of ether oxygens (including phenoxy) is 1. The molecule has 1 aromatic heterocycles. The summed E-state index contributed by atoms with van der Waals surface area (Å²) in [7, 11) is 1.69. The third kappa shape index (κ3) is 5.22. The second-order valence-corrected chi connectivity index (χ2v) is 8.54.